The van der Waals surface area contributed by atoms with Gasteiger partial charge >= 0.3 is 0 Å². The highest BCUT2D eigenvalue weighted by Gasteiger charge is 2.17. The lowest BCUT2D eigenvalue weighted by molar-refractivity contribution is 0.102. The lowest BCUT2D eigenvalue weighted by Gasteiger charge is -2.05. The van der Waals surface area contributed by atoms with Gasteiger partial charge in [0.2, 0.25) is 0 Å². The zero-order valence-corrected chi connectivity index (χ0v) is 10.6. The molecule has 2 rings (SSSR count). The van der Waals surface area contributed by atoms with Crippen LogP contribution in [0.1, 0.15) is 21.7 Å². The largest absolute Gasteiger partial charge is 0.508 e. The van der Waals surface area contributed by atoms with Gasteiger partial charge in [-0.3, -0.25) is 9.48 Å². The van der Waals surface area contributed by atoms with E-state index in [2.05, 4.69) is 10.4 Å². The van der Waals surface area contributed by atoms with Crippen LogP contribution in [0.15, 0.2) is 24.3 Å². The number of phenolic OH excluding ortho intramolecular Hbond substituents is 1. The van der Waals surface area contributed by atoms with Crippen LogP contribution in [-0.4, -0.2) is 20.8 Å². The Morgan fingerprint density at radius 2 is 2.11 bits per heavy atom. The number of carbonyl (C=O) groups is 1. The number of carbonyl (C=O) groups excluding carboxylic acids is 1. The molecule has 5 heteroatoms. The van der Waals surface area contributed by atoms with Gasteiger partial charge in [0, 0.05) is 24.5 Å². The highest BCUT2D eigenvalue weighted by molar-refractivity contribution is 6.05. The van der Waals surface area contributed by atoms with Crippen LogP contribution in [-0.2, 0) is 7.05 Å². The summed E-state index contributed by atoms with van der Waals surface area (Å²) in [7, 11) is 1.80. The zero-order chi connectivity index (χ0) is 13.3. The van der Waals surface area contributed by atoms with E-state index in [0.29, 0.717) is 16.9 Å². The molecule has 0 atom stereocenters. The van der Waals surface area contributed by atoms with Gasteiger partial charge in [0.15, 0.2) is 0 Å². The molecule has 0 spiro atoms. The van der Waals surface area contributed by atoms with Gasteiger partial charge in [-0.15, -0.1) is 0 Å². The summed E-state index contributed by atoms with van der Waals surface area (Å²) in [5, 5.41) is 16.3. The van der Waals surface area contributed by atoms with Crippen LogP contribution in [0, 0.1) is 13.8 Å². The van der Waals surface area contributed by atoms with E-state index in [0.717, 1.165) is 5.69 Å². The number of hydrogen-bond donors (Lipinski definition) is 2. The second-order valence-electron chi connectivity index (χ2n) is 4.17. The average Bonchev–Trinajstić information content (AvgIpc) is 2.53. The molecule has 18 heavy (non-hydrogen) atoms. The van der Waals surface area contributed by atoms with Gasteiger partial charge in [-0.1, -0.05) is 6.07 Å². The summed E-state index contributed by atoms with van der Waals surface area (Å²) < 4.78 is 1.67. The van der Waals surface area contributed by atoms with E-state index >= 15 is 0 Å². The number of aromatic nitrogens is 2. The van der Waals surface area contributed by atoms with Crippen molar-refractivity contribution < 1.29 is 9.90 Å². The van der Waals surface area contributed by atoms with E-state index < -0.39 is 0 Å². The molecule has 0 aliphatic heterocycles. The Bertz CT molecular complexity index is 602. The Labute approximate surface area is 105 Å². The van der Waals surface area contributed by atoms with Crippen LogP contribution < -0.4 is 5.32 Å². The molecule has 0 aliphatic rings. The SMILES string of the molecule is Cc1nn(C)c(C)c1C(=O)Nc1cccc(O)c1. The van der Waals surface area contributed by atoms with Crippen molar-refractivity contribution >= 4 is 11.6 Å². The second-order valence-corrected chi connectivity index (χ2v) is 4.17. The van der Waals surface area contributed by atoms with Crippen LogP contribution >= 0.6 is 0 Å². The van der Waals surface area contributed by atoms with Crippen molar-refractivity contribution in [2.75, 3.05) is 5.32 Å². The Hall–Kier alpha value is -2.30. The zero-order valence-electron chi connectivity index (χ0n) is 10.6. The summed E-state index contributed by atoms with van der Waals surface area (Å²) in [6.45, 7) is 3.64. The van der Waals surface area contributed by atoms with Gasteiger partial charge in [0.1, 0.15) is 5.75 Å². The third kappa shape index (κ3) is 2.20. The monoisotopic (exact) mass is 245 g/mol. The summed E-state index contributed by atoms with van der Waals surface area (Å²) in [4.78, 5) is 12.1. The minimum atomic E-state index is -0.219. The first-order valence-electron chi connectivity index (χ1n) is 5.59. The molecule has 1 heterocycles. The first-order valence-corrected chi connectivity index (χ1v) is 5.59. The highest BCUT2D eigenvalue weighted by atomic mass is 16.3. The number of hydrogen-bond acceptors (Lipinski definition) is 3. The van der Waals surface area contributed by atoms with Crippen LogP contribution in [0.3, 0.4) is 0 Å². The van der Waals surface area contributed by atoms with E-state index in [4.69, 9.17) is 0 Å². The van der Waals surface area contributed by atoms with Gasteiger partial charge in [0.05, 0.1) is 11.3 Å². The molecule has 94 valence electrons. The Morgan fingerprint density at radius 3 is 2.67 bits per heavy atom. The van der Waals surface area contributed by atoms with E-state index in [1.54, 1.807) is 36.9 Å². The fourth-order valence-corrected chi connectivity index (χ4v) is 1.88. The second kappa shape index (κ2) is 4.52. The average molecular weight is 245 g/mol. The predicted octanol–water partition coefficient (Wildman–Crippen LogP) is 1.99. The number of amides is 1. The van der Waals surface area contributed by atoms with Gasteiger partial charge < -0.3 is 10.4 Å². The van der Waals surface area contributed by atoms with Crippen LogP contribution in [0.4, 0.5) is 5.69 Å². The summed E-state index contributed by atoms with van der Waals surface area (Å²) in [5.74, 6) is -0.101. The minimum Gasteiger partial charge on any atom is -0.508 e. The molecule has 0 bridgehead atoms. The molecule has 0 radical (unpaired) electrons. The number of anilines is 1. The maximum atomic E-state index is 12.1. The van der Waals surface area contributed by atoms with Crippen LogP contribution in [0.25, 0.3) is 0 Å². The topological polar surface area (TPSA) is 67.2 Å². The first-order chi connectivity index (χ1) is 8.49. The maximum Gasteiger partial charge on any atom is 0.259 e. The molecule has 1 aromatic heterocycles. The minimum absolute atomic E-state index is 0.118. The van der Waals surface area contributed by atoms with Gasteiger partial charge in [0.25, 0.3) is 5.91 Å². The molecule has 0 fully saturated rings. The molecule has 2 aromatic rings. The lowest BCUT2D eigenvalue weighted by Crippen LogP contribution is -2.13. The lowest BCUT2D eigenvalue weighted by atomic mass is 10.2. The number of benzene rings is 1. The van der Waals surface area contributed by atoms with Crippen LogP contribution in [0.5, 0.6) is 5.75 Å². The molecular weight excluding hydrogens is 230 g/mol. The van der Waals surface area contributed by atoms with E-state index in [-0.39, 0.29) is 11.7 Å². The van der Waals surface area contributed by atoms with Crippen molar-refractivity contribution in [1.29, 1.82) is 0 Å². The fourth-order valence-electron chi connectivity index (χ4n) is 1.88. The first kappa shape index (κ1) is 12.2. The standard InChI is InChI=1S/C13H15N3O2/c1-8-12(9(2)16(3)15-8)13(18)14-10-5-4-6-11(17)7-10/h4-7,17H,1-3H3,(H,14,18). The van der Waals surface area contributed by atoms with E-state index in [9.17, 15) is 9.90 Å². The quantitative estimate of drug-likeness (QED) is 0.850. The molecule has 2 N–H and O–H groups in total. The molecule has 5 nitrogen and oxygen atoms in total. The van der Waals surface area contributed by atoms with E-state index in [1.165, 1.54) is 6.07 Å². The summed E-state index contributed by atoms with van der Waals surface area (Å²) in [5.41, 5.74) is 2.63. The summed E-state index contributed by atoms with van der Waals surface area (Å²) in [6.07, 6.45) is 0. The van der Waals surface area contributed by atoms with Crippen molar-refractivity contribution in [2.24, 2.45) is 7.05 Å². The number of aryl methyl sites for hydroxylation is 2. The van der Waals surface area contributed by atoms with Crippen molar-refractivity contribution in [3.63, 3.8) is 0 Å². The molecule has 1 aromatic carbocycles. The summed E-state index contributed by atoms with van der Waals surface area (Å²) in [6, 6.07) is 6.45. The highest BCUT2D eigenvalue weighted by Crippen LogP contribution is 2.18. The smallest absolute Gasteiger partial charge is 0.259 e. The van der Waals surface area contributed by atoms with Gasteiger partial charge in [-0.25, -0.2) is 0 Å². The molecule has 0 aliphatic carbocycles. The third-order valence-corrected chi connectivity index (χ3v) is 2.84. The normalized spacial score (nSPS) is 10.4. The van der Waals surface area contributed by atoms with Gasteiger partial charge in [-0.2, -0.15) is 5.10 Å². The summed E-state index contributed by atoms with van der Waals surface area (Å²) >= 11 is 0. The van der Waals surface area contributed by atoms with Crippen molar-refractivity contribution in [2.45, 2.75) is 13.8 Å². The Balaban J connectivity index is 2.27. The maximum absolute atomic E-state index is 12.1. The Kier molecular flexibility index (Phi) is 3.06. The van der Waals surface area contributed by atoms with E-state index in [1.807, 2.05) is 6.92 Å². The number of nitrogens with one attached hydrogen (secondary N) is 1. The van der Waals surface area contributed by atoms with Crippen molar-refractivity contribution in [3.05, 3.63) is 41.2 Å². The number of phenols is 1. The number of nitrogens with zero attached hydrogens (tertiary/aromatic N) is 2. The van der Waals surface area contributed by atoms with Crippen molar-refractivity contribution in [1.82, 2.24) is 9.78 Å². The van der Waals surface area contributed by atoms with Gasteiger partial charge in [-0.05, 0) is 26.0 Å². The van der Waals surface area contributed by atoms with Crippen molar-refractivity contribution in [3.8, 4) is 5.75 Å². The number of aromatic hydroxyl groups is 1. The fraction of sp³-hybridized carbons (Fsp3) is 0.231. The molecule has 1 amide bonds. The third-order valence-electron chi connectivity index (χ3n) is 2.84. The number of rotatable bonds is 2. The molecule has 0 unspecified atom stereocenters. The molecule has 0 saturated carbocycles. The van der Waals surface area contributed by atoms with Crippen LogP contribution in [0.2, 0.25) is 0 Å². The predicted molar refractivity (Wildman–Crippen MR) is 68.7 cm³/mol. The molecule has 0 saturated heterocycles. The molecular formula is C13H15N3O2. The Morgan fingerprint density at radius 1 is 1.39 bits per heavy atom.